The summed E-state index contributed by atoms with van der Waals surface area (Å²) in [5.41, 5.74) is 0. The van der Waals surface area contributed by atoms with Crippen molar-refractivity contribution in [2.24, 2.45) is 0 Å². The van der Waals surface area contributed by atoms with Gasteiger partial charge in [0.2, 0.25) is 5.95 Å². The highest BCUT2D eigenvalue weighted by atomic mass is 16.6. The zero-order valence-electron chi connectivity index (χ0n) is 13.7. The van der Waals surface area contributed by atoms with Crippen molar-refractivity contribution in [3.63, 3.8) is 0 Å². The van der Waals surface area contributed by atoms with Crippen LogP contribution in [0.4, 0.5) is 22.4 Å². The Hall–Kier alpha value is -2.84. The van der Waals surface area contributed by atoms with Gasteiger partial charge in [-0.15, -0.1) is 0 Å². The molecule has 1 amide bonds. The predicted molar refractivity (Wildman–Crippen MR) is 87.4 cm³/mol. The van der Waals surface area contributed by atoms with E-state index in [9.17, 15) is 4.79 Å². The summed E-state index contributed by atoms with van der Waals surface area (Å²) in [6, 6.07) is 3.62. The number of aryl methyl sites for hydroxylation is 1. The van der Waals surface area contributed by atoms with Crippen LogP contribution in [-0.2, 0) is 4.74 Å². The van der Waals surface area contributed by atoms with Crippen molar-refractivity contribution in [2.75, 3.05) is 43.0 Å². The minimum atomic E-state index is -0.261. The second-order valence-electron chi connectivity index (χ2n) is 5.36. The molecule has 2 aromatic heterocycles. The minimum Gasteiger partial charge on any atom is -0.450 e. The Labute approximate surface area is 139 Å². The maximum atomic E-state index is 11.7. The molecule has 0 saturated carbocycles. The Morgan fingerprint density at radius 1 is 1.38 bits per heavy atom. The maximum Gasteiger partial charge on any atom is 0.409 e. The highest BCUT2D eigenvalue weighted by Gasteiger charge is 2.22. The molecule has 128 valence electrons. The van der Waals surface area contributed by atoms with Crippen molar-refractivity contribution >= 4 is 23.7 Å². The number of carbonyl (C=O) groups is 1. The first-order valence-electron chi connectivity index (χ1n) is 7.85. The van der Waals surface area contributed by atoms with Crippen molar-refractivity contribution < 1.29 is 14.1 Å². The standard InChI is InChI=1S/C15H20N6O3/c1-3-23-15(22)21-8-6-20(7-9-21)13-4-5-16-14(18-13)17-12-10-11(2)24-19-12/h4-5,10H,3,6-9H2,1-2H3,(H,16,17,18,19). The Kier molecular flexibility index (Phi) is 4.78. The van der Waals surface area contributed by atoms with Crippen LogP contribution in [0.5, 0.6) is 0 Å². The predicted octanol–water partition coefficient (Wildman–Crippen LogP) is 1.80. The quantitative estimate of drug-likeness (QED) is 0.905. The lowest BCUT2D eigenvalue weighted by Gasteiger charge is -2.34. The fraction of sp³-hybridized carbons (Fsp3) is 0.467. The number of nitrogens with zero attached hydrogens (tertiary/aromatic N) is 5. The molecule has 3 rings (SSSR count). The summed E-state index contributed by atoms with van der Waals surface area (Å²) in [6.45, 7) is 6.61. The lowest BCUT2D eigenvalue weighted by atomic mass is 10.3. The average molecular weight is 332 g/mol. The number of rotatable bonds is 4. The molecule has 0 aliphatic carbocycles. The molecule has 0 spiro atoms. The summed E-state index contributed by atoms with van der Waals surface area (Å²) < 4.78 is 10.0. The molecule has 9 heteroatoms. The van der Waals surface area contributed by atoms with E-state index in [0.29, 0.717) is 50.3 Å². The molecule has 0 unspecified atom stereocenters. The minimum absolute atomic E-state index is 0.261. The number of piperazine rings is 1. The van der Waals surface area contributed by atoms with Gasteiger partial charge >= 0.3 is 6.09 Å². The van der Waals surface area contributed by atoms with Crippen LogP contribution in [0.25, 0.3) is 0 Å². The number of aromatic nitrogens is 3. The van der Waals surface area contributed by atoms with E-state index in [0.717, 1.165) is 5.82 Å². The number of hydrogen-bond acceptors (Lipinski definition) is 8. The molecule has 0 radical (unpaired) electrons. The molecule has 1 saturated heterocycles. The van der Waals surface area contributed by atoms with Gasteiger partial charge in [0.15, 0.2) is 5.82 Å². The second-order valence-corrected chi connectivity index (χ2v) is 5.36. The molecular formula is C15H20N6O3. The number of hydrogen-bond donors (Lipinski definition) is 1. The maximum absolute atomic E-state index is 11.7. The zero-order chi connectivity index (χ0) is 16.9. The van der Waals surface area contributed by atoms with Gasteiger partial charge in [-0.25, -0.2) is 9.78 Å². The summed E-state index contributed by atoms with van der Waals surface area (Å²) in [6.07, 6.45) is 1.43. The van der Waals surface area contributed by atoms with Gasteiger partial charge in [0.25, 0.3) is 0 Å². The van der Waals surface area contributed by atoms with Gasteiger partial charge in [0, 0.05) is 38.4 Å². The van der Waals surface area contributed by atoms with E-state index in [1.165, 1.54) is 0 Å². The summed E-state index contributed by atoms with van der Waals surface area (Å²) >= 11 is 0. The molecule has 0 bridgehead atoms. The van der Waals surface area contributed by atoms with Crippen molar-refractivity contribution in [1.29, 1.82) is 0 Å². The van der Waals surface area contributed by atoms with Gasteiger partial charge in [-0.1, -0.05) is 5.16 Å². The average Bonchev–Trinajstić information content (AvgIpc) is 3.00. The topological polar surface area (TPSA) is 96.6 Å². The van der Waals surface area contributed by atoms with E-state index in [2.05, 4.69) is 25.3 Å². The van der Waals surface area contributed by atoms with Crippen molar-refractivity contribution in [1.82, 2.24) is 20.0 Å². The number of anilines is 3. The molecular weight excluding hydrogens is 312 g/mol. The summed E-state index contributed by atoms with van der Waals surface area (Å²) in [4.78, 5) is 24.2. The number of ether oxygens (including phenoxy) is 1. The smallest absolute Gasteiger partial charge is 0.409 e. The van der Waals surface area contributed by atoms with E-state index >= 15 is 0 Å². The highest BCUT2D eigenvalue weighted by molar-refractivity contribution is 5.68. The van der Waals surface area contributed by atoms with Crippen molar-refractivity contribution in [3.05, 3.63) is 24.1 Å². The number of amides is 1. The van der Waals surface area contributed by atoms with Crippen LogP contribution in [-0.4, -0.2) is 58.9 Å². The van der Waals surface area contributed by atoms with E-state index < -0.39 is 0 Å². The largest absolute Gasteiger partial charge is 0.450 e. The molecule has 9 nitrogen and oxygen atoms in total. The van der Waals surface area contributed by atoms with Gasteiger partial charge < -0.3 is 24.4 Å². The zero-order valence-corrected chi connectivity index (χ0v) is 13.7. The van der Waals surface area contributed by atoms with E-state index in [1.807, 2.05) is 13.0 Å². The van der Waals surface area contributed by atoms with E-state index in [-0.39, 0.29) is 6.09 Å². The van der Waals surface area contributed by atoms with Gasteiger partial charge in [-0.2, -0.15) is 4.98 Å². The lowest BCUT2D eigenvalue weighted by Crippen LogP contribution is -2.49. The van der Waals surface area contributed by atoms with Crippen molar-refractivity contribution in [3.8, 4) is 0 Å². The first-order chi connectivity index (χ1) is 11.7. The van der Waals surface area contributed by atoms with Gasteiger partial charge in [0.1, 0.15) is 11.6 Å². The van der Waals surface area contributed by atoms with Crippen LogP contribution in [0.3, 0.4) is 0 Å². The molecule has 1 aliphatic rings. The molecule has 0 aromatic carbocycles. The van der Waals surface area contributed by atoms with Crippen LogP contribution in [0.15, 0.2) is 22.9 Å². The van der Waals surface area contributed by atoms with E-state index in [4.69, 9.17) is 9.26 Å². The van der Waals surface area contributed by atoms with Crippen LogP contribution in [0.2, 0.25) is 0 Å². The molecule has 1 fully saturated rings. The fourth-order valence-corrected chi connectivity index (χ4v) is 2.46. The first kappa shape index (κ1) is 16.0. The monoisotopic (exact) mass is 332 g/mol. The molecule has 1 N–H and O–H groups in total. The Morgan fingerprint density at radius 3 is 2.83 bits per heavy atom. The lowest BCUT2D eigenvalue weighted by molar-refractivity contribution is 0.105. The molecule has 24 heavy (non-hydrogen) atoms. The Bertz CT molecular complexity index is 696. The fourth-order valence-electron chi connectivity index (χ4n) is 2.46. The Morgan fingerprint density at radius 2 is 2.17 bits per heavy atom. The van der Waals surface area contributed by atoms with Crippen LogP contribution >= 0.6 is 0 Å². The van der Waals surface area contributed by atoms with Gasteiger partial charge in [0.05, 0.1) is 6.61 Å². The number of carbonyl (C=O) groups excluding carboxylic acids is 1. The first-order valence-corrected chi connectivity index (χ1v) is 7.85. The Balaban J connectivity index is 1.61. The third-order valence-electron chi connectivity index (χ3n) is 3.64. The second kappa shape index (κ2) is 7.16. The van der Waals surface area contributed by atoms with Crippen LogP contribution in [0.1, 0.15) is 12.7 Å². The molecule has 0 atom stereocenters. The molecule has 3 heterocycles. The third kappa shape index (κ3) is 3.73. The van der Waals surface area contributed by atoms with Crippen LogP contribution in [0, 0.1) is 6.92 Å². The van der Waals surface area contributed by atoms with Crippen LogP contribution < -0.4 is 10.2 Å². The highest BCUT2D eigenvalue weighted by Crippen LogP contribution is 2.18. The number of nitrogens with one attached hydrogen (secondary N) is 1. The SMILES string of the molecule is CCOC(=O)N1CCN(c2ccnc(Nc3cc(C)on3)n2)CC1. The summed E-state index contributed by atoms with van der Waals surface area (Å²) in [7, 11) is 0. The van der Waals surface area contributed by atoms with Crippen molar-refractivity contribution in [2.45, 2.75) is 13.8 Å². The third-order valence-corrected chi connectivity index (χ3v) is 3.64. The summed E-state index contributed by atoms with van der Waals surface area (Å²) in [5, 5.41) is 6.87. The molecule has 2 aromatic rings. The summed E-state index contributed by atoms with van der Waals surface area (Å²) in [5.74, 6) is 2.53. The molecule has 1 aliphatic heterocycles. The van der Waals surface area contributed by atoms with E-state index in [1.54, 1.807) is 24.1 Å². The van der Waals surface area contributed by atoms with Gasteiger partial charge in [-0.05, 0) is 19.9 Å². The normalized spacial score (nSPS) is 14.6. The van der Waals surface area contributed by atoms with Gasteiger partial charge in [-0.3, -0.25) is 0 Å².